The number of hydrogen-bond acceptors (Lipinski definition) is 6. The second-order valence-corrected chi connectivity index (χ2v) is 8.80. The molecule has 0 spiro atoms. The minimum absolute atomic E-state index is 0.0376. The van der Waals surface area contributed by atoms with Crippen molar-refractivity contribution in [3.8, 4) is 34.3 Å². The molecule has 0 amide bonds. The third kappa shape index (κ3) is 3.24. The highest BCUT2D eigenvalue weighted by atomic mass is 32.1. The highest BCUT2D eigenvalue weighted by Crippen LogP contribution is 2.42. The van der Waals surface area contributed by atoms with Crippen molar-refractivity contribution >= 4 is 21.6 Å². The van der Waals surface area contributed by atoms with Crippen molar-refractivity contribution in [1.29, 1.82) is 0 Å². The molecule has 32 heavy (non-hydrogen) atoms. The molecular formula is C25H24N2O4S. The highest BCUT2D eigenvalue weighted by Gasteiger charge is 2.24. The number of fused-ring (bicyclic) bond motifs is 3. The molecule has 0 bridgehead atoms. The lowest BCUT2D eigenvalue weighted by Crippen LogP contribution is -2.22. The molecule has 7 heteroatoms. The molecule has 2 heterocycles. The van der Waals surface area contributed by atoms with Crippen LogP contribution in [-0.2, 0) is 12.8 Å². The van der Waals surface area contributed by atoms with Crippen LogP contribution < -0.4 is 19.8 Å². The lowest BCUT2D eigenvalue weighted by atomic mass is 9.97. The fourth-order valence-electron chi connectivity index (χ4n) is 4.43. The summed E-state index contributed by atoms with van der Waals surface area (Å²) in [6, 6.07) is 13.3. The van der Waals surface area contributed by atoms with Crippen LogP contribution in [0, 0.1) is 0 Å². The monoisotopic (exact) mass is 448 g/mol. The van der Waals surface area contributed by atoms with E-state index in [1.54, 1.807) is 37.2 Å². The van der Waals surface area contributed by atoms with Crippen LogP contribution in [0.4, 0.5) is 0 Å². The molecule has 0 radical (unpaired) electrons. The molecule has 0 fully saturated rings. The number of hydrogen-bond donors (Lipinski definition) is 0. The predicted octanol–water partition coefficient (Wildman–Crippen LogP) is 5.02. The van der Waals surface area contributed by atoms with Crippen molar-refractivity contribution in [3.63, 3.8) is 0 Å². The first-order chi connectivity index (χ1) is 15.7. The minimum atomic E-state index is -0.0376. The largest absolute Gasteiger partial charge is 0.493 e. The first-order valence-electron chi connectivity index (χ1n) is 10.6. The van der Waals surface area contributed by atoms with Gasteiger partial charge < -0.3 is 14.2 Å². The standard InChI is InChI=1S/C25H24N2O4S/c1-29-18-13-15(14-19(30-2)22(18)31-3)23-26-24-21(17-11-7-8-12-20(17)32-24)25(28)27(23)16-9-5-4-6-10-16/h4-6,9-10,13-14H,7-8,11-12H2,1-3H3. The molecule has 4 aromatic rings. The molecule has 164 valence electrons. The lowest BCUT2D eigenvalue weighted by Gasteiger charge is -2.17. The van der Waals surface area contributed by atoms with Gasteiger partial charge in [0.2, 0.25) is 5.75 Å². The van der Waals surface area contributed by atoms with Gasteiger partial charge in [-0.15, -0.1) is 11.3 Å². The van der Waals surface area contributed by atoms with Crippen LogP contribution in [0.1, 0.15) is 23.3 Å². The van der Waals surface area contributed by atoms with E-state index in [1.165, 1.54) is 10.4 Å². The summed E-state index contributed by atoms with van der Waals surface area (Å²) < 4.78 is 18.3. The Labute approximate surface area is 190 Å². The number of nitrogens with zero attached hydrogens (tertiary/aromatic N) is 2. The molecule has 1 aliphatic carbocycles. The van der Waals surface area contributed by atoms with Gasteiger partial charge in [-0.2, -0.15) is 0 Å². The maximum atomic E-state index is 13.9. The van der Waals surface area contributed by atoms with Crippen molar-refractivity contribution in [2.75, 3.05) is 21.3 Å². The molecule has 2 aromatic carbocycles. The number of rotatable bonds is 5. The van der Waals surface area contributed by atoms with E-state index < -0.39 is 0 Å². The van der Waals surface area contributed by atoms with Gasteiger partial charge in [-0.1, -0.05) is 18.2 Å². The summed E-state index contributed by atoms with van der Waals surface area (Å²) in [7, 11) is 4.73. The minimum Gasteiger partial charge on any atom is -0.493 e. The van der Waals surface area contributed by atoms with E-state index in [9.17, 15) is 4.79 Å². The molecule has 6 nitrogen and oxygen atoms in total. The number of thiophene rings is 1. The molecule has 0 atom stereocenters. The van der Waals surface area contributed by atoms with Crippen LogP contribution >= 0.6 is 11.3 Å². The van der Waals surface area contributed by atoms with Crippen LogP contribution in [0.2, 0.25) is 0 Å². The van der Waals surface area contributed by atoms with Gasteiger partial charge in [0.15, 0.2) is 11.5 Å². The highest BCUT2D eigenvalue weighted by molar-refractivity contribution is 7.18. The zero-order chi connectivity index (χ0) is 22.2. The van der Waals surface area contributed by atoms with Crippen molar-refractivity contribution in [2.45, 2.75) is 25.7 Å². The molecule has 0 N–H and O–H groups in total. The molecule has 5 rings (SSSR count). The Hall–Kier alpha value is -3.32. The van der Waals surface area contributed by atoms with Gasteiger partial charge in [0.05, 0.1) is 32.4 Å². The molecule has 1 aliphatic rings. The van der Waals surface area contributed by atoms with E-state index in [0.717, 1.165) is 41.6 Å². The third-order valence-electron chi connectivity index (χ3n) is 5.93. The van der Waals surface area contributed by atoms with Gasteiger partial charge >= 0.3 is 0 Å². The number of aryl methyl sites for hydroxylation is 2. The van der Waals surface area contributed by atoms with Gasteiger partial charge in [0, 0.05) is 10.4 Å². The number of benzene rings is 2. The zero-order valence-electron chi connectivity index (χ0n) is 18.3. The second kappa shape index (κ2) is 8.31. The van der Waals surface area contributed by atoms with Gasteiger partial charge in [-0.05, 0) is 55.5 Å². The SMILES string of the molecule is COc1cc(-c2nc3sc4c(c3c(=O)n2-c2ccccc2)CCCC4)cc(OC)c1OC. The Balaban J connectivity index is 1.86. The smallest absolute Gasteiger partial charge is 0.267 e. The van der Waals surface area contributed by atoms with Crippen molar-refractivity contribution in [1.82, 2.24) is 9.55 Å². The molecule has 0 saturated carbocycles. The van der Waals surface area contributed by atoms with Gasteiger partial charge in [0.25, 0.3) is 5.56 Å². The van der Waals surface area contributed by atoms with Crippen LogP contribution in [0.25, 0.3) is 27.3 Å². The number of ether oxygens (including phenoxy) is 3. The fourth-order valence-corrected chi connectivity index (χ4v) is 5.68. The van der Waals surface area contributed by atoms with Crippen LogP contribution in [0.15, 0.2) is 47.3 Å². The van der Waals surface area contributed by atoms with E-state index >= 15 is 0 Å². The Bertz CT molecular complexity index is 1330. The Morgan fingerprint density at radius 3 is 2.28 bits per heavy atom. The van der Waals surface area contributed by atoms with Crippen LogP contribution in [0.5, 0.6) is 17.2 Å². The summed E-state index contributed by atoms with van der Waals surface area (Å²) in [5, 5.41) is 0.754. The third-order valence-corrected chi connectivity index (χ3v) is 7.11. The average molecular weight is 449 g/mol. The maximum Gasteiger partial charge on any atom is 0.267 e. The Morgan fingerprint density at radius 2 is 1.62 bits per heavy atom. The van der Waals surface area contributed by atoms with E-state index in [4.69, 9.17) is 19.2 Å². The zero-order valence-corrected chi connectivity index (χ0v) is 19.1. The summed E-state index contributed by atoms with van der Waals surface area (Å²) >= 11 is 1.64. The predicted molar refractivity (Wildman–Crippen MR) is 127 cm³/mol. The fraction of sp³-hybridized carbons (Fsp3) is 0.280. The molecular weight excluding hydrogens is 424 g/mol. The van der Waals surface area contributed by atoms with Crippen molar-refractivity contribution < 1.29 is 14.2 Å². The number of aromatic nitrogens is 2. The summed E-state index contributed by atoms with van der Waals surface area (Å²) in [4.78, 5) is 21.0. The summed E-state index contributed by atoms with van der Waals surface area (Å²) in [6.45, 7) is 0. The van der Waals surface area contributed by atoms with E-state index in [-0.39, 0.29) is 5.56 Å². The van der Waals surface area contributed by atoms with Gasteiger partial charge in [-0.25, -0.2) is 4.98 Å². The quantitative estimate of drug-likeness (QED) is 0.429. The summed E-state index contributed by atoms with van der Waals surface area (Å²) in [6.07, 6.45) is 4.22. The van der Waals surface area contributed by atoms with E-state index in [2.05, 4.69) is 0 Å². The van der Waals surface area contributed by atoms with E-state index in [0.29, 0.717) is 28.6 Å². The normalized spacial score (nSPS) is 13.1. The molecule has 0 unspecified atom stereocenters. The van der Waals surface area contributed by atoms with Crippen molar-refractivity contribution in [3.05, 3.63) is 63.3 Å². The Kier molecular flexibility index (Phi) is 5.35. The topological polar surface area (TPSA) is 62.6 Å². The molecule has 0 saturated heterocycles. The molecule has 0 aliphatic heterocycles. The van der Waals surface area contributed by atoms with E-state index in [1.807, 2.05) is 42.5 Å². The summed E-state index contributed by atoms with van der Waals surface area (Å²) in [5.74, 6) is 2.08. The lowest BCUT2D eigenvalue weighted by molar-refractivity contribution is 0.324. The Morgan fingerprint density at radius 1 is 0.938 bits per heavy atom. The van der Waals surface area contributed by atoms with Gasteiger partial charge in [-0.3, -0.25) is 9.36 Å². The number of para-hydroxylation sites is 1. The summed E-state index contributed by atoms with van der Waals surface area (Å²) in [5.41, 5.74) is 2.62. The second-order valence-electron chi connectivity index (χ2n) is 7.72. The van der Waals surface area contributed by atoms with Gasteiger partial charge in [0.1, 0.15) is 10.7 Å². The average Bonchev–Trinajstić information content (AvgIpc) is 3.22. The maximum absolute atomic E-state index is 13.9. The molecule has 2 aromatic heterocycles. The first kappa shape index (κ1) is 20.6. The first-order valence-corrected chi connectivity index (χ1v) is 11.4. The number of methoxy groups -OCH3 is 3. The van der Waals surface area contributed by atoms with Crippen molar-refractivity contribution in [2.24, 2.45) is 0 Å². The van der Waals surface area contributed by atoms with Crippen LogP contribution in [-0.4, -0.2) is 30.9 Å². The van der Waals surface area contributed by atoms with Crippen LogP contribution in [0.3, 0.4) is 0 Å².